The Morgan fingerprint density at radius 2 is 2.07 bits per heavy atom. The van der Waals surface area contributed by atoms with Crippen molar-refractivity contribution in [3.05, 3.63) is 36.0 Å². The highest BCUT2D eigenvalue weighted by Crippen LogP contribution is 2.24. The minimum atomic E-state index is 0.378. The second-order valence-electron chi connectivity index (χ2n) is 4.43. The molecule has 1 aromatic heterocycles. The van der Waals surface area contributed by atoms with Crippen molar-refractivity contribution in [2.45, 2.75) is 31.8 Å². The molecule has 0 spiro atoms. The Morgan fingerprint density at radius 3 is 3.00 bits per heavy atom. The molecule has 0 bridgehead atoms. The second kappa shape index (κ2) is 3.38. The van der Waals surface area contributed by atoms with Crippen molar-refractivity contribution in [3.8, 4) is 0 Å². The summed E-state index contributed by atoms with van der Waals surface area (Å²) in [5.74, 6) is 0. The fraction of sp³-hybridized carbons (Fsp3) is 0.385. The largest absolute Gasteiger partial charge is 0.345 e. The van der Waals surface area contributed by atoms with Gasteiger partial charge < -0.3 is 10.3 Å². The third-order valence-corrected chi connectivity index (χ3v) is 3.39. The predicted molar refractivity (Wildman–Crippen MR) is 62.9 cm³/mol. The highest BCUT2D eigenvalue weighted by molar-refractivity contribution is 5.81. The molecular weight excluding hydrogens is 184 g/mol. The number of nitrogens with zero attached hydrogens (tertiary/aromatic N) is 1. The number of nitrogens with two attached hydrogens (primary N) is 1. The number of para-hydroxylation sites is 1. The summed E-state index contributed by atoms with van der Waals surface area (Å²) < 4.78 is 2.43. The summed E-state index contributed by atoms with van der Waals surface area (Å²) in [6, 6.07) is 11.3. The first-order valence-electron chi connectivity index (χ1n) is 5.67. The molecule has 0 amide bonds. The van der Waals surface area contributed by atoms with Gasteiger partial charge in [0.05, 0.1) is 0 Å². The van der Waals surface area contributed by atoms with Gasteiger partial charge in [-0.1, -0.05) is 18.2 Å². The molecule has 2 nitrogen and oxygen atoms in total. The first-order valence-corrected chi connectivity index (χ1v) is 5.67. The van der Waals surface area contributed by atoms with Crippen molar-refractivity contribution >= 4 is 10.9 Å². The monoisotopic (exact) mass is 200 g/mol. The Hall–Kier alpha value is -1.28. The van der Waals surface area contributed by atoms with Crippen LogP contribution >= 0.6 is 0 Å². The van der Waals surface area contributed by atoms with Gasteiger partial charge in [0.2, 0.25) is 0 Å². The van der Waals surface area contributed by atoms with Crippen LogP contribution in [-0.2, 0) is 13.0 Å². The first kappa shape index (κ1) is 8.98. The normalized spacial score (nSPS) is 21.3. The Kier molecular flexibility index (Phi) is 2.03. The van der Waals surface area contributed by atoms with E-state index in [1.54, 1.807) is 0 Å². The smallest absolute Gasteiger partial charge is 0.0482 e. The van der Waals surface area contributed by atoms with Gasteiger partial charge in [-0.15, -0.1) is 0 Å². The minimum absolute atomic E-state index is 0.378. The number of hydrogen-bond donors (Lipinski definition) is 1. The molecule has 0 fully saturated rings. The van der Waals surface area contributed by atoms with E-state index in [1.165, 1.54) is 16.6 Å². The maximum Gasteiger partial charge on any atom is 0.0482 e. The van der Waals surface area contributed by atoms with Crippen LogP contribution in [0.3, 0.4) is 0 Å². The molecule has 0 radical (unpaired) electrons. The third kappa shape index (κ3) is 1.45. The average Bonchev–Trinajstić information content (AvgIpc) is 2.51. The second-order valence-corrected chi connectivity index (χ2v) is 4.43. The van der Waals surface area contributed by atoms with E-state index in [2.05, 4.69) is 34.9 Å². The Morgan fingerprint density at radius 1 is 1.20 bits per heavy atom. The molecule has 2 heterocycles. The summed E-state index contributed by atoms with van der Waals surface area (Å²) in [4.78, 5) is 0. The lowest BCUT2D eigenvalue weighted by atomic mass is 10.1. The van der Waals surface area contributed by atoms with Crippen LogP contribution < -0.4 is 5.73 Å². The molecule has 78 valence electrons. The fourth-order valence-electron chi connectivity index (χ4n) is 2.51. The Labute approximate surface area is 89.7 Å². The van der Waals surface area contributed by atoms with Gasteiger partial charge in [0, 0.05) is 23.8 Å². The standard InChI is InChI=1S/C13H16N2/c14-11-5-6-12-9-10-3-1-2-4-13(10)15(12)8-7-11/h1-4,9,11H,5-8,14H2. The number of rotatable bonds is 0. The van der Waals surface area contributed by atoms with Crippen molar-refractivity contribution in [1.82, 2.24) is 4.57 Å². The van der Waals surface area contributed by atoms with E-state index in [9.17, 15) is 0 Å². The number of fused-ring (bicyclic) bond motifs is 3. The van der Waals surface area contributed by atoms with Crippen molar-refractivity contribution in [1.29, 1.82) is 0 Å². The molecule has 1 aliphatic heterocycles. The summed E-state index contributed by atoms with van der Waals surface area (Å²) in [5, 5.41) is 1.36. The Balaban J connectivity index is 2.15. The molecule has 1 unspecified atom stereocenters. The van der Waals surface area contributed by atoms with Crippen molar-refractivity contribution < 1.29 is 0 Å². The number of benzene rings is 1. The number of aryl methyl sites for hydroxylation is 2. The molecule has 0 saturated heterocycles. The van der Waals surface area contributed by atoms with Gasteiger partial charge >= 0.3 is 0 Å². The van der Waals surface area contributed by atoms with Crippen molar-refractivity contribution in [2.24, 2.45) is 5.73 Å². The number of aromatic nitrogens is 1. The zero-order valence-corrected chi connectivity index (χ0v) is 8.82. The van der Waals surface area contributed by atoms with Gasteiger partial charge in [-0.2, -0.15) is 0 Å². The van der Waals surface area contributed by atoms with Gasteiger partial charge in [0.25, 0.3) is 0 Å². The summed E-state index contributed by atoms with van der Waals surface area (Å²) in [6.07, 6.45) is 3.35. The van der Waals surface area contributed by atoms with Crippen molar-refractivity contribution in [3.63, 3.8) is 0 Å². The summed E-state index contributed by atoms with van der Waals surface area (Å²) in [6.45, 7) is 1.07. The molecular formula is C13H16N2. The highest BCUT2D eigenvalue weighted by Gasteiger charge is 2.14. The quantitative estimate of drug-likeness (QED) is 0.695. The van der Waals surface area contributed by atoms with Crippen LogP contribution in [0.2, 0.25) is 0 Å². The lowest BCUT2D eigenvalue weighted by Gasteiger charge is -2.07. The maximum absolute atomic E-state index is 6.00. The molecule has 1 atom stereocenters. The maximum atomic E-state index is 6.00. The predicted octanol–water partition coefficient (Wildman–Crippen LogP) is 2.30. The third-order valence-electron chi connectivity index (χ3n) is 3.39. The van der Waals surface area contributed by atoms with Gasteiger partial charge in [-0.3, -0.25) is 0 Å². The van der Waals surface area contributed by atoms with Crippen LogP contribution in [0.5, 0.6) is 0 Å². The molecule has 2 heteroatoms. The van der Waals surface area contributed by atoms with E-state index in [4.69, 9.17) is 5.73 Å². The molecule has 2 N–H and O–H groups in total. The average molecular weight is 200 g/mol. The van der Waals surface area contributed by atoms with Gasteiger partial charge in [-0.05, 0) is 36.8 Å². The highest BCUT2D eigenvalue weighted by atomic mass is 15.0. The van der Waals surface area contributed by atoms with Gasteiger partial charge in [-0.25, -0.2) is 0 Å². The van der Waals surface area contributed by atoms with E-state index in [-0.39, 0.29) is 0 Å². The molecule has 0 aliphatic carbocycles. The lowest BCUT2D eigenvalue weighted by molar-refractivity contribution is 0.560. The summed E-state index contributed by atoms with van der Waals surface area (Å²) >= 11 is 0. The van der Waals surface area contributed by atoms with Crippen LogP contribution in [0.15, 0.2) is 30.3 Å². The summed E-state index contributed by atoms with van der Waals surface area (Å²) in [7, 11) is 0. The fourth-order valence-corrected chi connectivity index (χ4v) is 2.51. The molecule has 1 aliphatic rings. The van der Waals surface area contributed by atoms with E-state index in [0.29, 0.717) is 6.04 Å². The van der Waals surface area contributed by atoms with E-state index in [1.807, 2.05) is 0 Å². The SMILES string of the molecule is NC1CCc2cc3ccccc3n2CC1. The van der Waals surface area contributed by atoms with Crippen LogP contribution in [0.25, 0.3) is 10.9 Å². The van der Waals surface area contributed by atoms with Gasteiger partial charge in [0.15, 0.2) is 0 Å². The summed E-state index contributed by atoms with van der Waals surface area (Å²) in [5.41, 5.74) is 8.81. The zero-order chi connectivity index (χ0) is 10.3. The topological polar surface area (TPSA) is 30.9 Å². The zero-order valence-electron chi connectivity index (χ0n) is 8.82. The minimum Gasteiger partial charge on any atom is -0.345 e. The van der Waals surface area contributed by atoms with E-state index in [0.717, 1.165) is 25.8 Å². The molecule has 1 aromatic carbocycles. The van der Waals surface area contributed by atoms with Crippen LogP contribution in [0.4, 0.5) is 0 Å². The molecule has 2 aromatic rings. The van der Waals surface area contributed by atoms with E-state index >= 15 is 0 Å². The van der Waals surface area contributed by atoms with Crippen molar-refractivity contribution in [2.75, 3.05) is 0 Å². The Bertz CT molecular complexity index is 484. The molecule has 0 saturated carbocycles. The first-order chi connectivity index (χ1) is 7.34. The lowest BCUT2D eigenvalue weighted by Crippen LogP contribution is -2.19. The van der Waals surface area contributed by atoms with Gasteiger partial charge in [0.1, 0.15) is 0 Å². The van der Waals surface area contributed by atoms with Crippen LogP contribution in [0, 0.1) is 0 Å². The van der Waals surface area contributed by atoms with Crippen LogP contribution in [0.1, 0.15) is 18.5 Å². The van der Waals surface area contributed by atoms with Crippen LogP contribution in [-0.4, -0.2) is 10.6 Å². The molecule has 15 heavy (non-hydrogen) atoms. The number of hydrogen-bond acceptors (Lipinski definition) is 1. The van der Waals surface area contributed by atoms with E-state index < -0.39 is 0 Å². The molecule has 3 rings (SSSR count).